The van der Waals surface area contributed by atoms with Crippen LogP contribution in [0.15, 0.2) is 61.1 Å². The first-order valence-corrected chi connectivity index (χ1v) is 9.76. The second-order valence-corrected chi connectivity index (χ2v) is 7.12. The molecule has 1 aliphatic rings. The molecule has 0 spiro atoms. The number of nitrogens with zero attached hydrogens (tertiary/aromatic N) is 4. The van der Waals surface area contributed by atoms with Gasteiger partial charge in [0.2, 0.25) is 11.8 Å². The number of carbonyl (C=O) groups excluding carboxylic acids is 2. The van der Waals surface area contributed by atoms with Gasteiger partial charge in [0.25, 0.3) is 0 Å². The van der Waals surface area contributed by atoms with Crippen LogP contribution in [0.1, 0.15) is 24.5 Å². The van der Waals surface area contributed by atoms with Gasteiger partial charge in [0, 0.05) is 43.8 Å². The van der Waals surface area contributed by atoms with Gasteiger partial charge in [0.05, 0.1) is 5.92 Å². The summed E-state index contributed by atoms with van der Waals surface area (Å²) in [5.74, 6) is 0.252. The lowest BCUT2D eigenvalue weighted by Gasteiger charge is -2.17. The zero-order chi connectivity index (χ0) is 20.2. The third-order valence-corrected chi connectivity index (χ3v) is 5.17. The molecule has 3 aromatic rings. The van der Waals surface area contributed by atoms with Crippen molar-refractivity contribution in [2.45, 2.75) is 26.3 Å². The van der Waals surface area contributed by atoms with Crippen LogP contribution >= 0.6 is 0 Å². The summed E-state index contributed by atoms with van der Waals surface area (Å²) in [5.41, 5.74) is 2.97. The fourth-order valence-corrected chi connectivity index (χ4v) is 3.44. The molecule has 1 aliphatic heterocycles. The maximum absolute atomic E-state index is 12.6. The SMILES string of the molecule is CCc1ccc(N2CC(C(=O)NCc3ccc(-n4cccn4)nc3)CC2=O)cc1. The third kappa shape index (κ3) is 4.18. The first kappa shape index (κ1) is 18.9. The number of anilines is 1. The van der Waals surface area contributed by atoms with E-state index in [1.54, 1.807) is 22.0 Å². The van der Waals surface area contributed by atoms with E-state index in [9.17, 15) is 9.59 Å². The van der Waals surface area contributed by atoms with Gasteiger partial charge in [-0.2, -0.15) is 5.10 Å². The number of amides is 2. The number of nitrogens with one attached hydrogen (secondary N) is 1. The highest BCUT2D eigenvalue weighted by Crippen LogP contribution is 2.25. The summed E-state index contributed by atoms with van der Waals surface area (Å²) in [6.07, 6.45) is 6.43. The minimum absolute atomic E-state index is 0.0142. The van der Waals surface area contributed by atoms with E-state index in [0.717, 1.165) is 23.5 Å². The highest BCUT2D eigenvalue weighted by molar-refractivity contribution is 6.00. The Kier molecular flexibility index (Phi) is 5.37. The topological polar surface area (TPSA) is 80.1 Å². The van der Waals surface area contributed by atoms with Crippen LogP contribution in [0, 0.1) is 5.92 Å². The molecule has 7 heteroatoms. The standard InChI is InChI=1S/C22H23N5O2/c1-2-16-4-7-19(8-5-16)26-15-18(12-21(26)28)22(29)24-14-17-6-9-20(23-13-17)27-11-3-10-25-27/h3-11,13,18H,2,12,14-15H2,1H3,(H,24,29). The van der Waals surface area contributed by atoms with Gasteiger partial charge >= 0.3 is 0 Å². The van der Waals surface area contributed by atoms with Crippen molar-refractivity contribution >= 4 is 17.5 Å². The molecule has 29 heavy (non-hydrogen) atoms. The number of carbonyl (C=O) groups is 2. The van der Waals surface area contributed by atoms with Gasteiger partial charge in [0.15, 0.2) is 5.82 Å². The molecule has 3 heterocycles. The second-order valence-electron chi connectivity index (χ2n) is 7.12. The molecule has 0 saturated carbocycles. The molecule has 1 atom stereocenters. The Labute approximate surface area is 169 Å². The van der Waals surface area contributed by atoms with Crippen LogP contribution in [-0.2, 0) is 22.6 Å². The minimum Gasteiger partial charge on any atom is -0.352 e. The molecule has 7 nitrogen and oxygen atoms in total. The lowest BCUT2D eigenvalue weighted by Crippen LogP contribution is -2.32. The average Bonchev–Trinajstić information content (AvgIpc) is 3.43. The smallest absolute Gasteiger partial charge is 0.227 e. The number of pyridine rings is 1. The van der Waals surface area contributed by atoms with Gasteiger partial charge in [-0.1, -0.05) is 25.1 Å². The Morgan fingerprint density at radius 2 is 1.97 bits per heavy atom. The second kappa shape index (κ2) is 8.26. The molecule has 0 radical (unpaired) electrons. The Bertz CT molecular complexity index is 981. The van der Waals surface area contributed by atoms with Crippen molar-refractivity contribution < 1.29 is 9.59 Å². The van der Waals surface area contributed by atoms with E-state index >= 15 is 0 Å². The van der Waals surface area contributed by atoms with Crippen molar-refractivity contribution in [2.75, 3.05) is 11.4 Å². The Morgan fingerprint density at radius 1 is 1.17 bits per heavy atom. The highest BCUT2D eigenvalue weighted by Gasteiger charge is 2.34. The first-order chi connectivity index (χ1) is 14.1. The summed E-state index contributed by atoms with van der Waals surface area (Å²) in [6, 6.07) is 13.5. The number of benzene rings is 1. The number of hydrogen-bond donors (Lipinski definition) is 1. The lowest BCUT2D eigenvalue weighted by atomic mass is 10.1. The summed E-state index contributed by atoms with van der Waals surface area (Å²) < 4.78 is 1.67. The molecule has 2 amide bonds. The zero-order valence-electron chi connectivity index (χ0n) is 16.3. The quantitative estimate of drug-likeness (QED) is 0.702. The Hall–Kier alpha value is -3.48. The molecular formula is C22H23N5O2. The van der Waals surface area contributed by atoms with E-state index < -0.39 is 0 Å². The van der Waals surface area contributed by atoms with Gasteiger partial charge in [0.1, 0.15) is 0 Å². The van der Waals surface area contributed by atoms with E-state index in [-0.39, 0.29) is 24.2 Å². The maximum Gasteiger partial charge on any atom is 0.227 e. The number of aromatic nitrogens is 3. The molecule has 1 saturated heterocycles. The molecule has 4 rings (SSSR count). The average molecular weight is 389 g/mol. The Balaban J connectivity index is 1.33. The van der Waals surface area contributed by atoms with Crippen molar-refractivity contribution in [2.24, 2.45) is 5.92 Å². The van der Waals surface area contributed by atoms with Gasteiger partial charge in [-0.15, -0.1) is 0 Å². The molecule has 148 valence electrons. The van der Waals surface area contributed by atoms with Crippen LogP contribution in [0.4, 0.5) is 5.69 Å². The minimum atomic E-state index is -0.343. The van der Waals surface area contributed by atoms with E-state index in [0.29, 0.717) is 13.1 Å². The zero-order valence-corrected chi connectivity index (χ0v) is 16.3. The van der Waals surface area contributed by atoms with Crippen molar-refractivity contribution in [3.05, 3.63) is 72.2 Å². The van der Waals surface area contributed by atoms with E-state index in [2.05, 4.69) is 22.3 Å². The summed E-state index contributed by atoms with van der Waals surface area (Å²) in [4.78, 5) is 31.0. The van der Waals surface area contributed by atoms with Crippen molar-refractivity contribution in [1.29, 1.82) is 0 Å². The number of hydrogen-bond acceptors (Lipinski definition) is 4. The van der Waals surface area contributed by atoms with Crippen LogP contribution in [0.5, 0.6) is 0 Å². The van der Waals surface area contributed by atoms with E-state index in [4.69, 9.17) is 0 Å². The van der Waals surface area contributed by atoms with Gasteiger partial charge in [-0.05, 0) is 41.8 Å². The molecule has 1 fully saturated rings. The Morgan fingerprint density at radius 3 is 2.62 bits per heavy atom. The summed E-state index contributed by atoms with van der Waals surface area (Å²) in [6.45, 7) is 2.88. The van der Waals surface area contributed by atoms with Gasteiger partial charge < -0.3 is 10.2 Å². The lowest BCUT2D eigenvalue weighted by molar-refractivity contribution is -0.126. The normalized spacial score (nSPS) is 16.2. The third-order valence-electron chi connectivity index (χ3n) is 5.17. The van der Waals surface area contributed by atoms with Crippen molar-refractivity contribution in [3.8, 4) is 5.82 Å². The summed E-state index contributed by atoms with van der Waals surface area (Å²) >= 11 is 0. The highest BCUT2D eigenvalue weighted by atomic mass is 16.2. The number of rotatable bonds is 6. The largest absolute Gasteiger partial charge is 0.352 e. The molecule has 1 aromatic carbocycles. The van der Waals surface area contributed by atoms with Crippen LogP contribution in [0.2, 0.25) is 0 Å². The van der Waals surface area contributed by atoms with Crippen molar-refractivity contribution in [1.82, 2.24) is 20.1 Å². The van der Waals surface area contributed by atoms with E-state index in [1.165, 1.54) is 5.56 Å². The first-order valence-electron chi connectivity index (χ1n) is 9.76. The predicted molar refractivity (Wildman–Crippen MR) is 109 cm³/mol. The molecule has 1 N–H and O–H groups in total. The van der Waals surface area contributed by atoms with Gasteiger partial charge in [-0.3, -0.25) is 9.59 Å². The van der Waals surface area contributed by atoms with Crippen LogP contribution in [0.3, 0.4) is 0 Å². The predicted octanol–water partition coefficient (Wildman–Crippen LogP) is 2.50. The molecule has 0 aliphatic carbocycles. The molecule has 0 bridgehead atoms. The molecule has 1 unspecified atom stereocenters. The molecular weight excluding hydrogens is 366 g/mol. The molecule has 2 aromatic heterocycles. The number of aryl methyl sites for hydroxylation is 1. The summed E-state index contributed by atoms with van der Waals surface area (Å²) in [7, 11) is 0. The van der Waals surface area contributed by atoms with Gasteiger partial charge in [-0.25, -0.2) is 9.67 Å². The maximum atomic E-state index is 12.6. The van der Waals surface area contributed by atoms with Crippen LogP contribution in [0.25, 0.3) is 5.82 Å². The van der Waals surface area contributed by atoms with E-state index in [1.807, 2.05) is 48.7 Å². The fraction of sp³-hybridized carbons (Fsp3) is 0.273. The fourth-order valence-electron chi connectivity index (χ4n) is 3.44. The van der Waals surface area contributed by atoms with Crippen molar-refractivity contribution in [3.63, 3.8) is 0 Å². The van der Waals surface area contributed by atoms with Crippen LogP contribution < -0.4 is 10.2 Å². The summed E-state index contributed by atoms with van der Waals surface area (Å²) in [5, 5.41) is 7.06. The monoisotopic (exact) mass is 389 g/mol. The van der Waals surface area contributed by atoms with Crippen LogP contribution in [-0.4, -0.2) is 33.1 Å².